The molecule has 0 radical (unpaired) electrons. The number of aromatic nitrogens is 1. The fourth-order valence-corrected chi connectivity index (χ4v) is 1.91. The molecule has 6 heteroatoms. The maximum Gasteiger partial charge on any atom is 0.242 e. The third-order valence-electron chi connectivity index (χ3n) is 2.04. The van der Waals surface area contributed by atoms with E-state index in [4.69, 9.17) is 23.2 Å². The summed E-state index contributed by atoms with van der Waals surface area (Å²) in [5.41, 5.74) is 0.354. The quantitative estimate of drug-likeness (QED) is 0.738. The molecule has 0 bridgehead atoms. The van der Waals surface area contributed by atoms with Crippen molar-refractivity contribution in [2.45, 2.75) is 0 Å². The molecule has 1 aromatic heterocycles. The van der Waals surface area contributed by atoms with Crippen LogP contribution < -0.4 is 0 Å². The van der Waals surface area contributed by atoms with E-state index < -0.39 is 11.6 Å². The van der Waals surface area contributed by atoms with Gasteiger partial charge in [-0.15, -0.1) is 0 Å². The zero-order chi connectivity index (χ0) is 11.9. The van der Waals surface area contributed by atoms with Crippen molar-refractivity contribution in [3.05, 3.63) is 34.3 Å². The topological polar surface area (TPSA) is 65.6 Å². The number of halogens is 2. The van der Waals surface area contributed by atoms with Crippen molar-refractivity contribution >= 4 is 23.2 Å². The predicted molar refractivity (Wildman–Crippen MR) is 60.8 cm³/mol. The highest BCUT2D eigenvalue weighted by atomic mass is 35.5. The van der Waals surface area contributed by atoms with Gasteiger partial charge in [-0.1, -0.05) is 23.2 Å². The van der Waals surface area contributed by atoms with Gasteiger partial charge in [0, 0.05) is 16.1 Å². The fraction of sp³-hybridized carbons (Fsp3) is 0. The molecule has 1 aromatic carbocycles. The van der Waals surface area contributed by atoms with Gasteiger partial charge in [0.05, 0.1) is 5.69 Å². The van der Waals surface area contributed by atoms with E-state index in [1.807, 2.05) is 0 Å². The molecule has 0 atom stereocenters. The highest BCUT2D eigenvalue weighted by molar-refractivity contribution is 6.34. The lowest BCUT2D eigenvalue weighted by atomic mass is 10.3. The highest BCUT2D eigenvalue weighted by Gasteiger charge is 2.15. The molecule has 0 aliphatic heterocycles. The van der Waals surface area contributed by atoms with Crippen LogP contribution >= 0.6 is 23.2 Å². The van der Waals surface area contributed by atoms with Gasteiger partial charge in [0.2, 0.25) is 11.8 Å². The molecule has 0 unspecified atom stereocenters. The number of aromatic hydroxyl groups is 3. The average molecular weight is 260 g/mol. The Hall–Kier alpha value is -1.52. The third kappa shape index (κ3) is 1.77. The number of rotatable bonds is 1. The maximum atomic E-state index is 9.52. The van der Waals surface area contributed by atoms with Crippen molar-refractivity contribution < 1.29 is 15.3 Å². The molecule has 3 N–H and O–H groups in total. The first-order valence-corrected chi connectivity index (χ1v) is 5.03. The van der Waals surface area contributed by atoms with Gasteiger partial charge < -0.3 is 15.3 Å². The SMILES string of the molecule is Oc1cc(O)n(-c2cc(Cl)cc(Cl)c2)c1O. The summed E-state index contributed by atoms with van der Waals surface area (Å²) in [6.45, 7) is 0. The van der Waals surface area contributed by atoms with Crippen LogP contribution in [0.3, 0.4) is 0 Å². The van der Waals surface area contributed by atoms with Gasteiger partial charge >= 0.3 is 0 Å². The largest absolute Gasteiger partial charge is 0.503 e. The van der Waals surface area contributed by atoms with Crippen LogP contribution in [0.2, 0.25) is 10.0 Å². The van der Waals surface area contributed by atoms with Crippen molar-refractivity contribution in [2.24, 2.45) is 0 Å². The summed E-state index contributed by atoms with van der Waals surface area (Å²) in [7, 11) is 0. The van der Waals surface area contributed by atoms with Crippen LogP contribution in [0.1, 0.15) is 0 Å². The Morgan fingerprint density at radius 2 is 1.44 bits per heavy atom. The average Bonchev–Trinajstić information content (AvgIpc) is 2.39. The van der Waals surface area contributed by atoms with E-state index in [0.717, 1.165) is 10.6 Å². The van der Waals surface area contributed by atoms with Crippen molar-refractivity contribution in [1.29, 1.82) is 0 Å². The van der Waals surface area contributed by atoms with Crippen LogP contribution in [0.25, 0.3) is 5.69 Å². The summed E-state index contributed by atoms with van der Waals surface area (Å²) < 4.78 is 1.02. The summed E-state index contributed by atoms with van der Waals surface area (Å²) in [4.78, 5) is 0. The molecule has 4 nitrogen and oxygen atoms in total. The lowest BCUT2D eigenvalue weighted by molar-refractivity contribution is 0.377. The summed E-state index contributed by atoms with van der Waals surface area (Å²) in [5.74, 6) is -1.21. The van der Waals surface area contributed by atoms with Gasteiger partial charge in [-0.3, -0.25) is 0 Å². The van der Waals surface area contributed by atoms with Crippen molar-refractivity contribution in [3.63, 3.8) is 0 Å². The lowest BCUT2D eigenvalue weighted by Crippen LogP contribution is -1.92. The van der Waals surface area contributed by atoms with Gasteiger partial charge in [0.25, 0.3) is 0 Å². The molecule has 2 aromatic rings. The molecular weight excluding hydrogens is 253 g/mol. The number of benzene rings is 1. The van der Waals surface area contributed by atoms with Crippen LogP contribution in [0, 0.1) is 0 Å². The second-order valence-electron chi connectivity index (χ2n) is 3.17. The second-order valence-corrected chi connectivity index (χ2v) is 4.05. The standard InChI is InChI=1S/C10H7Cl2NO3/c11-5-1-6(12)3-7(2-5)13-9(15)4-8(14)10(13)16/h1-4,14-16H. The fourth-order valence-electron chi connectivity index (χ4n) is 1.40. The van der Waals surface area contributed by atoms with Gasteiger partial charge in [-0.25, -0.2) is 4.57 Å². The van der Waals surface area contributed by atoms with E-state index >= 15 is 0 Å². The zero-order valence-corrected chi connectivity index (χ0v) is 9.37. The summed E-state index contributed by atoms with van der Waals surface area (Å²) in [6, 6.07) is 5.52. The monoisotopic (exact) mass is 259 g/mol. The predicted octanol–water partition coefficient (Wildman–Crippen LogP) is 2.90. The molecule has 16 heavy (non-hydrogen) atoms. The Kier molecular flexibility index (Phi) is 2.61. The zero-order valence-electron chi connectivity index (χ0n) is 7.85. The molecule has 0 aliphatic rings. The molecule has 0 saturated carbocycles. The van der Waals surface area contributed by atoms with E-state index in [9.17, 15) is 15.3 Å². The normalized spacial score (nSPS) is 10.6. The molecule has 0 aliphatic carbocycles. The first kappa shape index (κ1) is 11.0. The van der Waals surface area contributed by atoms with Crippen LogP contribution in [0.4, 0.5) is 0 Å². The van der Waals surface area contributed by atoms with Crippen LogP contribution in [-0.4, -0.2) is 19.9 Å². The molecular formula is C10H7Cl2NO3. The third-order valence-corrected chi connectivity index (χ3v) is 2.48. The van der Waals surface area contributed by atoms with Crippen molar-refractivity contribution in [1.82, 2.24) is 4.57 Å². The van der Waals surface area contributed by atoms with Crippen LogP contribution in [0.5, 0.6) is 17.5 Å². The number of hydrogen-bond acceptors (Lipinski definition) is 3. The summed E-state index contributed by atoms with van der Waals surface area (Å²) in [6.07, 6.45) is 0. The van der Waals surface area contributed by atoms with E-state index in [1.165, 1.54) is 18.2 Å². The Labute approximate surface area is 101 Å². The first-order valence-electron chi connectivity index (χ1n) is 4.28. The maximum absolute atomic E-state index is 9.52. The Morgan fingerprint density at radius 3 is 1.88 bits per heavy atom. The van der Waals surface area contributed by atoms with Crippen LogP contribution in [0.15, 0.2) is 24.3 Å². The molecule has 0 amide bonds. The van der Waals surface area contributed by atoms with Gasteiger partial charge in [0.1, 0.15) is 0 Å². The number of nitrogens with zero attached hydrogens (tertiary/aromatic N) is 1. The Balaban J connectivity index is 2.67. The van der Waals surface area contributed by atoms with Crippen molar-refractivity contribution in [3.8, 4) is 23.2 Å². The highest BCUT2D eigenvalue weighted by Crippen LogP contribution is 2.37. The van der Waals surface area contributed by atoms with Gasteiger partial charge in [-0.05, 0) is 18.2 Å². The second kappa shape index (κ2) is 3.81. The van der Waals surface area contributed by atoms with E-state index in [0.29, 0.717) is 15.7 Å². The minimum atomic E-state index is -0.476. The molecule has 2 rings (SSSR count). The molecule has 84 valence electrons. The molecule has 0 spiro atoms. The lowest BCUT2D eigenvalue weighted by Gasteiger charge is -2.07. The number of hydrogen-bond donors (Lipinski definition) is 3. The van der Waals surface area contributed by atoms with Gasteiger partial charge in [0.15, 0.2) is 5.75 Å². The Morgan fingerprint density at radius 1 is 0.875 bits per heavy atom. The van der Waals surface area contributed by atoms with E-state index in [2.05, 4.69) is 0 Å². The minimum absolute atomic E-state index is 0.312. The van der Waals surface area contributed by atoms with Crippen LogP contribution in [-0.2, 0) is 0 Å². The van der Waals surface area contributed by atoms with Crippen molar-refractivity contribution in [2.75, 3.05) is 0 Å². The molecule has 0 saturated heterocycles. The molecule has 0 fully saturated rings. The summed E-state index contributed by atoms with van der Waals surface area (Å²) >= 11 is 11.6. The summed E-state index contributed by atoms with van der Waals surface area (Å²) in [5, 5.41) is 29.0. The van der Waals surface area contributed by atoms with E-state index in [-0.39, 0.29) is 5.88 Å². The smallest absolute Gasteiger partial charge is 0.242 e. The Bertz CT molecular complexity index is 531. The molecule has 1 heterocycles. The van der Waals surface area contributed by atoms with Gasteiger partial charge in [-0.2, -0.15) is 0 Å². The van der Waals surface area contributed by atoms with E-state index in [1.54, 1.807) is 0 Å². The first-order chi connectivity index (χ1) is 7.49. The minimum Gasteiger partial charge on any atom is -0.503 e.